The van der Waals surface area contributed by atoms with Gasteiger partial charge in [-0.15, -0.1) is 0 Å². The van der Waals surface area contributed by atoms with Crippen LogP contribution in [0.4, 0.5) is 0 Å². The quantitative estimate of drug-likeness (QED) is 0.564. The Kier molecular flexibility index (Phi) is 4.04. The maximum absolute atomic E-state index is 10.8. The molecular weight excluding hydrogens is 156 g/mol. The van der Waals surface area contributed by atoms with E-state index in [1.165, 1.54) is 7.11 Å². The predicted octanol–water partition coefficient (Wildman–Crippen LogP) is -0.499. The number of methoxy groups -OCH3 is 1. The number of nitrogens with one attached hydrogen (secondary N) is 2. The van der Waals surface area contributed by atoms with Gasteiger partial charge in [0.2, 0.25) is 0 Å². The van der Waals surface area contributed by atoms with Crippen LogP contribution in [0.2, 0.25) is 0 Å². The first-order valence-corrected chi connectivity index (χ1v) is 4.34. The third-order valence-corrected chi connectivity index (χ3v) is 2.05. The lowest BCUT2D eigenvalue weighted by Crippen LogP contribution is -2.48. The van der Waals surface area contributed by atoms with E-state index in [1.807, 2.05) is 0 Å². The molecule has 0 bridgehead atoms. The topological polar surface area (TPSA) is 50.4 Å². The maximum atomic E-state index is 10.8. The van der Waals surface area contributed by atoms with Crippen molar-refractivity contribution < 1.29 is 9.53 Å². The molecule has 12 heavy (non-hydrogen) atoms. The lowest BCUT2D eigenvalue weighted by molar-refractivity contribution is -0.140. The summed E-state index contributed by atoms with van der Waals surface area (Å²) in [5.41, 5.74) is 0. The van der Waals surface area contributed by atoms with E-state index in [9.17, 15) is 4.79 Å². The summed E-state index contributed by atoms with van der Waals surface area (Å²) >= 11 is 0. The minimum Gasteiger partial charge on any atom is -0.469 e. The van der Waals surface area contributed by atoms with Crippen molar-refractivity contribution >= 4 is 5.97 Å². The van der Waals surface area contributed by atoms with Crippen LogP contribution >= 0.6 is 0 Å². The van der Waals surface area contributed by atoms with Crippen LogP contribution in [0.3, 0.4) is 0 Å². The molecule has 1 atom stereocenters. The second-order valence-corrected chi connectivity index (χ2v) is 2.97. The average Bonchev–Trinajstić information content (AvgIpc) is 2.16. The minimum absolute atomic E-state index is 0.123. The van der Waals surface area contributed by atoms with Crippen molar-refractivity contribution in [3.63, 3.8) is 0 Å². The Morgan fingerprint density at radius 1 is 1.58 bits per heavy atom. The molecule has 70 valence electrons. The van der Waals surface area contributed by atoms with Gasteiger partial charge in [-0.25, -0.2) is 0 Å². The SMILES string of the molecule is COC(=O)CC[C@H]1CNCCN1. The van der Waals surface area contributed by atoms with Gasteiger partial charge in [-0.3, -0.25) is 4.79 Å². The highest BCUT2D eigenvalue weighted by molar-refractivity contribution is 5.69. The summed E-state index contributed by atoms with van der Waals surface area (Å²) in [6.07, 6.45) is 1.37. The Balaban J connectivity index is 2.09. The van der Waals surface area contributed by atoms with Gasteiger partial charge < -0.3 is 15.4 Å². The van der Waals surface area contributed by atoms with Crippen LogP contribution in [-0.4, -0.2) is 38.8 Å². The summed E-state index contributed by atoms with van der Waals surface area (Å²) in [5, 5.41) is 6.59. The van der Waals surface area contributed by atoms with E-state index in [1.54, 1.807) is 0 Å². The van der Waals surface area contributed by atoms with E-state index >= 15 is 0 Å². The molecule has 1 aliphatic rings. The van der Waals surface area contributed by atoms with Crippen molar-refractivity contribution in [3.8, 4) is 0 Å². The van der Waals surface area contributed by atoms with Crippen LogP contribution < -0.4 is 10.6 Å². The molecule has 0 unspecified atom stereocenters. The molecule has 4 heteroatoms. The number of carbonyl (C=O) groups excluding carboxylic acids is 1. The number of piperazine rings is 1. The molecule has 0 aliphatic carbocycles. The van der Waals surface area contributed by atoms with Crippen LogP contribution in [0, 0.1) is 0 Å². The number of rotatable bonds is 3. The molecule has 0 amide bonds. The lowest BCUT2D eigenvalue weighted by Gasteiger charge is -2.23. The molecule has 1 saturated heterocycles. The van der Waals surface area contributed by atoms with Gasteiger partial charge in [-0.2, -0.15) is 0 Å². The molecule has 4 nitrogen and oxygen atoms in total. The highest BCUT2D eigenvalue weighted by atomic mass is 16.5. The van der Waals surface area contributed by atoms with Gasteiger partial charge in [0.1, 0.15) is 0 Å². The fourth-order valence-corrected chi connectivity index (χ4v) is 1.31. The first kappa shape index (κ1) is 9.48. The Bertz CT molecular complexity index is 144. The fourth-order valence-electron chi connectivity index (χ4n) is 1.31. The van der Waals surface area contributed by atoms with Crippen molar-refractivity contribution in [1.29, 1.82) is 0 Å². The summed E-state index contributed by atoms with van der Waals surface area (Å²) in [5.74, 6) is -0.123. The van der Waals surface area contributed by atoms with Crippen molar-refractivity contribution in [2.45, 2.75) is 18.9 Å². The maximum Gasteiger partial charge on any atom is 0.305 e. The third kappa shape index (κ3) is 3.19. The van der Waals surface area contributed by atoms with E-state index in [2.05, 4.69) is 15.4 Å². The molecule has 1 fully saturated rings. The fraction of sp³-hybridized carbons (Fsp3) is 0.875. The summed E-state index contributed by atoms with van der Waals surface area (Å²) in [6.45, 7) is 2.97. The predicted molar refractivity (Wildman–Crippen MR) is 45.9 cm³/mol. The Labute approximate surface area is 72.7 Å². The Morgan fingerprint density at radius 3 is 3.00 bits per heavy atom. The number of esters is 1. The van der Waals surface area contributed by atoms with E-state index in [0.717, 1.165) is 26.1 Å². The van der Waals surface area contributed by atoms with Crippen molar-refractivity contribution in [1.82, 2.24) is 10.6 Å². The zero-order valence-electron chi connectivity index (χ0n) is 7.43. The highest BCUT2D eigenvalue weighted by Gasteiger charge is 2.13. The normalized spacial score (nSPS) is 23.6. The van der Waals surface area contributed by atoms with Crippen LogP contribution in [-0.2, 0) is 9.53 Å². The van der Waals surface area contributed by atoms with Crippen molar-refractivity contribution in [2.75, 3.05) is 26.7 Å². The first-order valence-electron chi connectivity index (χ1n) is 4.34. The van der Waals surface area contributed by atoms with Crippen molar-refractivity contribution in [3.05, 3.63) is 0 Å². The monoisotopic (exact) mass is 172 g/mol. The van der Waals surface area contributed by atoms with Crippen LogP contribution in [0.5, 0.6) is 0 Å². The summed E-state index contributed by atoms with van der Waals surface area (Å²) in [7, 11) is 1.43. The third-order valence-electron chi connectivity index (χ3n) is 2.05. The Hall–Kier alpha value is -0.610. The molecule has 0 aromatic carbocycles. The number of ether oxygens (including phenoxy) is 1. The van der Waals surface area contributed by atoms with Gasteiger partial charge in [0, 0.05) is 32.1 Å². The molecule has 0 spiro atoms. The highest BCUT2D eigenvalue weighted by Crippen LogP contribution is 1.99. The second kappa shape index (κ2) is 5.11. The summed E-state index contributed by atoms with van der Waals surface area (Å²) in [4.78, 5) is 10.8. The van der Waals surface area contributed by atoms with Crippen LogP contribution in [0.25, 0.3) is 0 Å². The molecule has 1 heterocycles. The van der Waals surface area contributed by atoms with Crippen LogP contribution in [0.15, 0.2) is 0 Å². The van der Waals surface area contributed by atoms with Gasteiger partial charge in [0.25, 0.3) is 0 Å². The van der Waals surface area contributed by atoms with Gasteiger partial charge >= 0.3 is 5.97 Å². The summed E-state index contributed by atoms with van der Waals surface area (Å²) in [6, 6.07) is 0.429. The lowest BCUT2D eigenvalue weighted by atomic mass is 10.1. The number of hydrogen-bond acceptors (Lipinski definition) is 4. The van der Waals surface area contributed by atoms with Gasteiger partial charge in [-0.1, -0.05) is 0 Å². The summed E-state index contributed by atoms with van der Waals surface area (Å²) < 4.78 is 4.55. The van der Waals surface area contributed by atoms with Gasteiger partial charge in [-0.05, 0) is 6.42 Å². The second-order valence-electron chi connectivity index (χ2n) is 2.97. The van der Waals surface area contributed by atoms with E-state index in [0.29, 0.717) is 12.5 Å². The van der Waals surface area contributed by atoms with E-state index in [4.69, 9.17) is 0 Å². The Morgan fingerprint density at radius 2 is 2.42 bits per heavy atom. The molecular formula is C8H16N2O2. The number of hydrogen-bond donors (Lipinski definition) is 2. The van der Waals surface area contributed by atoms with Crippen LogP contribution in [0.1, 0.15) is 12.8 Å². The molecule has 1 rings (SSSR count). The molecule has 0 radical (unpaired) electrons. The zero-order chi connectivity index (χ0) is 8.81. The van der Waals surface area contributed by atoms with Gasteiger partial charge in [0.05, 0.1) is 7.11 Å². The van der Waals surface area contributed by atoms with Crippen molar-refractivity contribution in [2.24, 2.45) is 0 Å². The largest absolute Gasteiger partial charge is 0.469 e. The number of carbonyl (C=O) groups is 1. The molecule has 0 aromatic rings. The van der Waals surface area contributed by atoms with E-state index < -0.39 is 0 Å². The molecule has 2 N–H and O–H groups in total. The molecule has 1 aliphatic heterocycles. The standard InChI is InChI=1S/C8H16N2O2/c1-12-8(11)3-2-7-6-9-4-5-10-7/h7,9-10H,2-6H2,1H3/t7-/m0/s1. The molecule has 0 saturated carbocycles. The average molecular weight is 172 g/mol. The first-order chi connectivity index (χ1) is 5.83. The zero-order valence-corrected chi connectivity index (χ0v) is 7.43. The molecule has 0 aromatic heterocycles. The van der Waals surface area contributed by atoms with E-state index in [-0.39, 0.29) is 5.97 Å². The van der Waals surface area contributed by atoms with Gasteiger partial charge in [0.15, 0.2) is 0 Å². The minimum atomic E-state index is -0.123. The smallest absolute Gasteiger partial charge is 0.305 e.